The number of nitrogens with zero attached hydrogens (tertiary/aromatic N) is 2. The molecule has 3 rings (SSSR count). The van der Waals surface area contributed by atoms with E-state index in [0.717, 1.165) is 17.7 Å². The lowest BCUT2D eigenvalue weighted by molar-refractivity contribution is -0.126. The molecule has 2 aliphatic heterocycles. The van der Waals surface area contributed by atoms with Crippen molar-refractivity contribution in [1.82, 2.24) is 13.9 Å². The van der Waals surface area contributed by atoms with Crippen molar-refractivity contribution in [3.8, 4) is 5.75 Å². The van der Waals surface area contributed by atoms with Crippen molar-refractivity contribution in [2.45, 2.75) is 26.2 Å². The van der Waals surface area contributed by atoms with Gasteiger partial charge in [-0.15, -0.1) is 0 Å². The van der Waals surface area contributed by atoms with Gasteiger partial charge in [-0.05, 0) is 43.9 Å². The van der Waals surface area contributed by atoms with Gasteiger partial charge in [0.15, 0.2) is 0 Å². The van der Waals surface area contributed by atoms with Crippen molar-refractivity contribution in [3.63, 3.8) is 0 Å². The number of benzene rings is 1. The number of amides is 1. The first-order valence-electron chi connectivity index (χ1n) is 10.3. The second-order valence-corrected chi connectivity index (χ2v) is 9.26. The molecule has 0 radical (unpaired) electrons. The van der Waals surface area contributed by atoms with Gasteiger partial charge in [0, 0.05) is 32.7 Å². The van der Waals surface area contributed by atoms with Crippen LogP contribution in [0.3, 0.4) is 0 Å². The van der Waals surface area contributed by atoms with Gasteiger partial charge in [0.05, 0.1) is 25.7 Å². The molecule has 29 heavy (non-hydrogen) atoms. The highest BCUT2D eigenvalue weighted by Crippen LogP contribution is 2.22. The molecule has 0 bridgehead atoms. The molecule has 9 heteroatoms. The lowest BCUT2D eigenvalue weighted by Gasteiger charge is -2.36. The first-order valence-corrected chi connectivity index (χ1v) is 11.7. The summed E-state index contributed by atoms with van der Waals surface area (Å²) in [6.45, 7) is 5.40. The number of carbonyl (C=O) groups is 1. The second-order valence-electron chi connectivity index (χ2n) is 7.33. The molecule has 0 spiro atoms. The molecule has 2 fully saturated rings. The van der Waals surface area contributed by atoms with Crippen LogP contribution in [0.1, 0.15) is 25.3 Å². The van der Waals surface area contributed by atoms with Crippen LogP contribution in [0.4, 0.5) is 0 Å². The van der Waals surface area contributed by atoms with Crippen LogP contribution in [-0.4, -0.2) is 75.5 Å². The number of morpholine rings is 1. The molecule has 1 aromatic carbocycles. The van der Waals surface area contributed by atoms with E-state index in [1.807, 2.05) is 31.2 Å². The van der Waals surface area contributed by atoms with Gasteiger partial charge in [0.1, 0.15) is 5.75 Å². The molecule has 1 unspecified atom stereocenters. The molecule has 2 saturated heterocycles. The molecule has 0 aromatic heterocycles. The normalized spacial score (nSPS) is 21.6. The maximum absolute atomic E-state index is 12.8. The zero-order valence-corrected chi connectivity index (χ0v) is 17.8. The fourth-order valence-corrected chi connectivity index (χ4v) is 5.37. The van der Waals surface area contributed by atoms with E-state index in [1.165, 1.54) is 8.61 Å². The van der Waals surface area contributed by atoms with Crippen molar-refractivity contribution in [3.05, 3.63) is 29.8 Å². The van der Waals surface area contributed by atoms with E-state index < -0.39 is 10.2 Å². The van der Waals surface area contributed by atoms with Gasteiger partial charge in [-0.3, -0.25) is 4.79 Å². The molecular formula is C20H31N3O5S. The quantitative estimate of drug-likeness (QED) is 0.672. The van der Waals surface area contributed by atoms with Crippen molar-refractivity contribution in [2.75, 3.05) is 52.5 Å². The molecule has 1 N–H and O–H groups in total. The van der Waals surface area contributed by atoms with E-state index in [4.69, 9.17) is 9.47 Å². The van der Waals surface area contributed by atoms with Crippen LogP contribution >= 0.6 is 0 Å². The highest BCUT2D eigenvalue weighted by Gasteiger charge is 2.36. The summed E-state index contributed by atoms with van der Waals surface area (Å²) in [7, 11) is -3.53. The van der Waals surface area contributed by atoms with Gasteiger partial charge < -0.3 is 14.8 Å². The highest BCUT2D eigenvalue weighted by molar-refractivity contribution is 7.86. The van der Waals surface area contributed by atoms with Crippen molar-refractivity contribution < 1.29 is 22.7 Å². The fourth-order valence-electron chi connectivity index (χ4n) is 3.70. The van der Waals surface area contributed by atoms with Crippen LogP contribution in [0.5, 0.6) is 5.75 Å². The molecule has 1 amide bonds. The first-order chi connectivity index (χ1) is 14.0. The summed E-state index contributed by atoms with van der Waals surface area (Å²) in [5.41, 5.74) is 1.12. The smallest absolute Gasteiger partial charge is 0.282 e. The third-order valence-electron chi connectivity index (χ3n) is 5.32. The topological polar surface area (TPSA) is 88.2 Å². The summed E-state index contributed by atoms with van der Waals surface area (Å²) >= 11 is 0. The van der Waals surface area contributed by atoms with Gasteiger partial charge in [-0.25, -0.2) is 0 Å². The number of piperidine rings is 1. The van der Waals surface area contributed by atoms with Crippen molar-refractivity contribution in [1.29, 1.82) is 0 Å². The Morgan fingerprint density at radius 3 is 2.59 bits per heavy atom. The van der Waals surface area contributed by atoms with E-state index in [2.05, 4.69) is 5.32 Å². The number of nitrogens with one attached hydrogen (secondary N) is 1. The van der Waals surface area contributed by atoms with Gasteiger partial charge in [0.25, 0.3) is 10.2 Å². The number of hydrogen-bond acceptors (Lipinski definition) is 5. The van der Waals surface area contributed by atoms with Crippen molar-refractivity contribution in [2.24, 2.45) is 5.92 Å². The average molecular weight is 426 g/mol. The Morgan fingerprint density at radius 2 is 1.90 bits per heavy atom. The van der Waals surface area contributed by atoms with Gasteiger partial charge in [-0.1, -0.05) is 12.1 Å². The molecule has 2 aliphatic rings. The Hall–Kier alpha value is -1.68. The monoisotopic (exact) mass is 425 g/mol. The minimum Gasteiger partial charge on any atom is -0.494 e. The predicted octanol–water partition coefficient (Wildman–Crippen LogP) is 1.03. The minimum atomic E-state index is -3.53. The first kappa shape index (κ1) is 22.0. The van der Waals surface area contributed by atoms with E-state index in [-0.39, 0.29) is 18.4 Å². The Bertz CT molecular complexity index is 763. The predicted molar refractivity (Wildman–Crippen MR) is 110 cm³/mol. The van der Waals surface area contributed by atoms with E-state index in [1.54, 1.807) is 0 Å². The molecule has 1 aromatic rings. The molecule has 1 atom stereocenters. The molecule has 0 aliphatic carbocycles. The molecular weight excluding hydrogens is 394 g/mol. The number of rotatable bonds is 8. The summed E-state index contributed by atoms with van der Waals surface area (Å²) < 4.78 is 39.3. The van der Waals surface area contributed by atoms with Crippen LogP contribution < -0.4 is 10.1 Å². The summed E-state index contributed by atoms with van der Waals surface area (Å²) in [6, 6.07) is 7.84. The Morgan fingerprint density at radius 1 is 1.17 bits per heavy atom. The van der Waals surface area contributed by atoms with Gasteiger partial charge >= 0.3 is 0 Å². The standard InChI is InChI=1S/C20H31N3O5S/c1-2-28-19-7-5-17(6-8-19)9-10-21-20(24)18-4-3-11-23(16-18)29(25,26)22-12-14-27-15-13-22/h5-8,18H,2-4,9-16H2,1H3,(H,21,24). The SMILES string of the molecule is CCOc1ccc(CCNC(=O)C2CCCN(S(=O)(=O)N3CCOCC3)C2)cc1. The van der Waals surface area contributed by atoms with Gasteiger partial charge in [0.2, 0.25) is 5.91 Å². The van der Waals surface area contributed by atoms with E-state index >= 15 is 0 Å². The maximum atomic E-state index is 12.8. The zero-order valence-electron chi connectivity index (χ0n) is 17.0. The molecule has 0 saturated carbocycles. The maximum Gasteiger partial charge on any atom is 0.282 e. The lowest BCUT2D eigenvalue weighted by atomic mass is 9.99. The zero-order chi connectivity index (χ0) is 20.7. The third kappa shape index (κ3) is 5.91. The number of hydrogen-bond donors (Lipinski definition) is 1. The van der Waals surface area contributed by atoms with Crippen LogP contribution in [0.15, 0.2) is 24.3 Å². The highest BCUT2D eigenvalue weighted by atomic mass is 32.2. The summed E-state index contributed by atoms with van der Waals surface area (Å²) in [4.78, 5) is 12.6. The average Bonchev–Trinajstić information content (AvgIpc) is 2.76. The summed E-state index contributed by atoms with van der Waals surface area (Å²) in [5.74, 6) is 0.460. The van der Waals surface area contributed by atoms with Crippen LogP contribution in [0, 0.1) is 5.92 Å². The molecule has 2 heterocycles. The molecule has 8 nitrogen and oxygen atoms in total. The second kappa shape index (κ2) is 10.4. The number of carbonyl (C=O) groups excluding carboxylic acids is 1. The van der Waals surface area contributed by atoms with Crippen LogP contribution in [0.25, 0.3) is 0 Å². The van der Waals surface area contributed by atoms with Gasteiger partial charge in [-0.2, -0.15) is 17.0 Å². The minimum absolute atomic E-state index is 0.0715. The van der Waals surface area contributed by atoms with Crippen LogP contribution in [0.2, 0.25) is 0 Å². The van der Waals surface area contributed by atoms with E-state index in [0.29, 0.717) is 58.8 Å². The van der Waals surface area contributed by atoms with E-state index in [9.17, 15) is 13.2 Å². The Labute approximate surface area is 173 Å². The largest absolute Gasteiger partial charge is 0.494 e. The summed E-state index contributed by atoms with van der Waals surface area (Å²) in [5, 5.41) is 2.97. The Balaban J connectivity index is 1.47. The molecule has 162 valence electrons. The van der Waals surface area contributed by atoms with Crippen molar-refractivity contribution >= 4 is 16.1 Å². The Kier molecular flexibility index (Phi) is 7.88. The third-order valence-corrected chi connectivity index (χ3v) is 7.33. The lowest BCUT2D eigenvalue weighted by Crippen LogP contribution is -2.53. The van der Waals surface area contributed by atoms with Crippen LogP contribution in [-0.2, 0) is 26.2 Å². The summed E-state index contributed by atoms with van der Waals surface area (Å²) in [6.07, 6.45) is 2.13. The fraction of sp³-hybridized carbons (Fsp3) is 0.650. The number of ether oxygens (including phenoxy) is 2.